The van der Waals surface area contributed by atoms with Gasteiger partial charge in [0.1, 0.15) is 0 Å². The smallest absolute Gasteiger partial charge is 0.222 e. The third-order valence-corrected chi connectivity index (χ3v) is 4.28. The molecule has 1 aliphatic heterocycles. The van der Waals surface area contributed by atoms with Crippen molar-refractivity contribution in [3.8, 4) is 0 Å². The SMILES string of the molecule is O=C(CCc1ccccc1)N1CC[C@@H](c2ccccc2)C1. The van der Waals surface area contributed by atoms with E-state index in [1.807, 2.05) is 29.2 Å². The third-order valence-electron chi connectivity index (χ3n) is 4.28. The number of likely N-dealkylation sites (tertiary alicyclic amines) is 1. The Labute approximate surface area is 126 Å². The first-order valence-electron chi connectivity index (χ1n) is 7.69. The van der Waals surface area contributed by atoms with E-state index in [0.29, 0.717) is 12.3 Å². The molecule has 0 radical (unpaired) electrons. The molecule has 1 fully saturated rings. The van der Waals surface area contributed by atoms with Gasteiger partial charge >= 0.3 is 0 Å². The van der Waals surface area contributed by atoms with Crippen LogP contribution in [0.2, 0.25) is 0 Å². The summed E-state index contributed by atoms with van der Waals surface area (Å²) >= 11 is 0. The van der Waals surface area contributed by atoms with Gasteiger partial charge in [-0.3, -0.25) is 4.79 Å². The second-order valence-corrected chi connectivity index (χ2v) is 5.72. The average Bonchev–Trinajstić information content (AvgIpc) is 3.04. The van der Waals surface area contributed by atoms with Crippen LogP contribution in [0.5, 0.6) is 0 Å². The Hall–Kier alpha value is -2.09. The zero-order valence-corrected chi connectivity index (χ0v) is 12.2. The molecule has 2 heteroatoms. The maximum absolute atomic E-state index is 12.3. The van der Waals surface area contributed by atoms with Gasteiger partial charge in [-0.05, 0) is 24.0 Å². The molecule has 1 heterocycles. The predicted octanol–water partition coefficient (Wildman–Crippen LogP) is 3.64. The Bertz CT molecular complexity index is 579. The fourth-order valence-electron chi connectivity index (χ4n) is 3.04. The number of amides is 1. The second kappa shape index (κ2) is 6.57. The molecule has 0 bridgehead atoms. The van der Waals surface area contributed by atoms with Gasteiger partial charge in [0, 0.05) is 25.4 Å². The molecule has 0 saturated carbocycles. The minimum absolute atomic E-state index is 0.289. The van der Waals surface area contributed by atoms with E-state index in [0.717, 1.165) is 25.9 Å². The van der Waals surface area contributed by atoms with E-state index >= 15 is 0 Å². The number of aryl methyl sites for hydroxylation is 1. The Balaban J connectivity index is 1.53. The van der Waals surface area contributed by atoms with Crippen LogP contribution in [-0.4, -0.2) is 23.9 Å². The quantitative estimate of drug-likeness (QED) is 0.837. The lowest BCUT2D eigenvalue weighted by Crippen LogP contribution is -2.28. The van der Waals surface area contributed by atoms with Crippen molar-refractivity contribution in [3.63, 3.8) is 0 Å². The Morgan fingerprint density at radius 2 is 1.67 bits per heavy atom. The first kappa shape index (κ1) is 13.9. The Kier molecular flexibility index (Phi) is 4.34. The van der Waals surface area contributed by atoms with E-state index in [2.05, 4.69) is 36.4 Å². The van der Waals surface area contributed by atoms with Crippen LogP contribution in [0.25, 0.3) is 0 Å². The van der Waals surface area contributed by atoms with Crippen molar-refractivity contribution in [3.05, 3.63) is 71.8 Å². The van der Waals surface area contributed by atoms with Gasteiger partial charge in [0.25, 0.3) is 0 Å². The van der Waals surface area contributed by atoms with E-state index in [1.165, 1.54) is 11.1 Å². The van der Waals surface area contributed by atoms with Crippen LogP contribution in [0, 0.1) is 0 Å². The summed E-state index contributed by atoms with van der Waals surface area (Å²) in [6, 6.07) is 20.8. The van der Waals surface area contributed by atoms with Crippen LogP contribution in [0.3, 0.4) is 0 Å². The lowest BCUT2D eigenvalue weighted by Gasteiger charge is -2.16. The fraction of sp³-hybridized carbons (Fsp3) is 0.316. The number of hydrogen-bond donors (Lipinski definition) is 0. The summed E-state index contributed by atoms with van der Waals surface area (Å²) in [5.41, 5.74) is 2.60. The van der Waals surface area contributed by atoms with Gasteiger partial charge in [-0.15, -0.1) is 0 Å². The average molecular weight is 279 g/mol. The summed E-state index contributed by atoms with van der Waals surface area (Å²) in [7, 11) is 0. The zero-order valence-electron chi connectivity index (χ0n) is 12.2. The van der Waals surface area contributed by atoms with Gasteiger partial charge in [-0.1, -0.05) is 60.7 Å². The maximum Gasteiger partial charge on any atom is 0.222 e. The van der Waals surface area contributed by atoms with E-state index in [-0.39, 0.29) is 5.91 Å². The van der Waals surface area contributed by atoms with E-state index in [9.17, 15) is 4.79 Å². The second-order valence-electron chi connectivity index (χ2n) is 5.72. The standard InChI is InChI=1S/C19H21NO/c21-19(12-11-16-7-3-1-4-8-16)20-14-13-18(15-20)17-9-5-2-6-10-17/h1-10,18H,11-15H2/t18-/m1/s1. The van der Waals surface area contributed by atoms with Crippen LogP contribution in [0.4, 0.5) is 0 Å². The maximum atomic E-state index is 12.3. The van der Waals surface area contributed by atoms with Gasteiger partial charge in [0.15, 0.2) is 0 Å². The lowest BCUT2D eigenvalue weighted by atomic mass is 9.99. The Morgan fingerprint density at radius 3 is 2.38 bits per heavy atom. The van der Waals surface area contributed by atoms with Crippen LogP contribution >= 0.6 is 0 Å². The van der Waals surface area contributed by atoms with Crippen LogP contribution < -0.4 is 0 Å². The monoisotopic (exact) mass is 279 g/mol. The molecule has 2 aromatic rings. The van der Waals surface area contributed by atoms with Crippen molar-refractivity contribution in [2.75, 3.05) is 13.1 Å². The molecule has 108 valence electrons. The van der Waals surface area contributed by atoms with Crippen LogP contribution in [0.1, 0.15) is 29.9 Å². The van der Waals surface area contributed by atoms with Crippen molar-refractivity contribution in [1.82, 2.24) is 4.90 Å². The summed E-state index contributed by atoms with van der Waals surface area (Å²) in [5, 5.41) is 0. The molecule has 3 rings (SSSR count). The molecule has 1 amide bonds. The van der Waals surface area contributed by atoms with Gasteiger partial charge in [0.2, 0.25) is 5.91 Å². The van der Waals surface area contributed by atoms with Gasteiger partial charge in [-0.2, -0.15) is 0 Å². The fourth-order valence-corrected chi connectivity index (χ4v) is 3.04. The first-order valence-corrected chi connectivity index (χ1v) is 7.69. The minimum Gasteiger partial charge on any atom is -0.342 e. The third kappa shape index (κ3) is 3.52. The highest BCUT2D eigenvalue weighted by Gasteiger charge is 2.26. The number of carbonyl (C=O) groups excluding carboxylic acids is 1. The van der Waals surface area contributed by atoms with Crippen molar-refractivity contribution in [2.24, 2.45) is 0 Å². The highest BCUT2D eigenvalue weighted by molar-refractivity contribution is 5.76. The topological polar surface area (TPSA) is 20.3 Å². The van der Waals surface area contributed by atoms with Crippen LogP contribution in [0.15, 0.2) is 60.7 Å². The molecule has 0 N–H and O–H groups in total. The molecule has 1 saturated heterocycles. The highest BCUT2D eigenvalue weighted by atomic mass is 16.2. The van der Waals surface area contributed by atoms with Crippen LogP contribution in [-0.2, 0) is 11.2 Å². The lowest BCUT2D eigenvalue weighted by molar-refractivity contribution is -0.130. The molecule has 0 aromatic heterocycles. The summed E-state index contributed by atoms with van der Waals surface area (Å²) in [4.78, 5) is 14.3. The van der Waals surface area contributed by atoms with Crippen molar-refractivity contribution in [1.29, 1.82) is 0 Å². The predicted molar refractivity (Wildman–Crippen MR) is 85.1 cm³/mol. The minimum atomic E-state index is 0.289. The van der Waals surface area contributed by atoms with Gasteiger partial charge in [-0.25, -0.2) is 0 Å². The van der Waals surface area contributed by atoms with E-state index < -0.39 is 0 Å². The molecule has 1 aliphatic rings. The first-order chi connectivity index (χ1) is 10.3. The van der Waals surface area contributed by atoms with Crippen molar-refractivity contribution in [2.45, 2.75) is 25.2 Å². The number of rotatable bonds is 4. The highest BCUT2D eigenvalue weighted by Crippen LogP contribution is 2.27. The molecule has 1 atom stereocenters. The van der Waals surface area contributed by atoms with Crippen molar-refractivity contribution >= 4 is 5.91 Å². The number of hydrogen-bond acceptors (Lipinski definition) is 1. The Morgan fingerprint density at radius 1 is 1.00 bits per heavy atom. The summed E-state index contributed by atoms with van der Waals surface area (Å²) in [6.45, 7) is 1.77. The summed E-state index contributed by atoms with van der Waals surface area (Å²) in [6.07, 6.45) is 2.54. The van der Waals surface area contributed by atoms with Gasteiger partial charge in [0.05, 0.1) is 0 Å². The molecule has 2 nitrogen and oxygen atoms in total. The molecule has 0 spiro atoms. The van der Waals surface area contributed by atoms with E-state index in [1.54, 1.807) is 0 Å². The van der Waals surface area contributed by atoms with Crippen molar-refractivity contribution < 1.29 is 4.79 Å². The summed E-state index contributed by atoms with van der Waals surface area (Å²) < 4.78 is 0. The number of benzene rings is 2. The molecule has 0 aliphatic carbocycles. The number of carbonyl (C=O) groups is 1. The molecule has 21 heavy (non-hydrogen) atoms. The molecule has 0 unspecified atom stereocenters. The zero-order chi connectivity index (χ0) is 14.5. The molecule has 2 aromatic carbocycles. The number of nitrogens with zero attached hydrogens (tertiary/aromatic N) is 1. The van der Waals surface area contributed by atoms with E-state index in [4.69, 9.17) is 0 Å². The summed E-state index contributed by atoms with van der Waals surface area (Å²) in [5.74, 6) is 0.796. The molecular weight excluding hydrogens is 258 g/mol. The largest absolute Gasteiger partial charge is 0.342 e. The molecular formula is C19H21NO. The normalized spacial score (nSPS) is 17.9. The van der Waals surface area contributed by atoms with Gasteiger partial charge < -0.3 is 4.90 Å².